The van der Waals surface area contributed by atoms with Crippen LogP contribution in [-0.4, -0.2) is 30.6 Å². The largest absolute Gasteiger partial charge is 0.304 e. The normalized spacial score (nSPS) is 13.8. The predicted octanol–water partition coefficient (Wildman–Crippen LogP) is 1.88. The van der Waals surface area contributed by atoms with Crippen LogP contribution in [0.3, 0.4) is 0 Å². The number of hydrogen-bond donors (Lipinski definition) is 1. The van der Waals surface area contributed by atoms with Gasteiger partial charge in [0.15, 0.2) is 0 Å². The van der Waals surface area contributed by atoms with E-state index in [4.69, 9.17) is 0 Å². The summed E-state index contributed by atoms with van der Waals surface area (Å²) < 4.78 is 0. The molecule has 2 unspecified atom stereocenters. The van der Waals surface area contributed by atoms with E-state index in [1.54, 1.807) is 0 Å². The van der Waals surface area contributed by atoms with Crippen LogP contribution in [0.1, 0.15) is 33.6 Å². The Morgan fingerprint density at radius 2 is 1.92 bits per heavy atom. The lowest BCUT2D eigenvalue weighted by Gasteiger charge is -2.18. The highest BCUT2D eigenvalue weighted by Gasteiger charge is 2.01. The first-order chi connectivity index (χ1) is 5.74. The summed E-state index contributed by atoms with van der Waals surface area (Å²) >= 11 is 0. The Balaban J connectivity index is 3.28. The third-order valence-electron chi connectivity index (χ3n) is 2.29. The minimum atomic E-state index is 0.630. The number of hydrogen-bond acceptors (Lipinski definition) is 2. The molecule has 3 heteroatoms. The van der Waals surface area contributed by atoms with Gasteiger partial charge in [-0.3, -0.25) is 5.09 Å². The number of rotatable bonds is 7. The maximum atomic E-state index is 3.17. The van der Waals surface area contributed by atoms with Crippen LogP contribution >= 0.6 is 9.39 Å². The molecule has 0 aromatic carbocycles. The van der Waals surface area contributed by atoms with Crippen molar-refractivity contribution < 1.29 is 0 Å². The van der Waals surface area contributed by atoms with Gasteiger partial charge in [-0.1, -0.05) is 23.2 Å². The minimum absolute atomic E-state index is 0.630. The molecule has 0 bridgehead atoms. The van der Waals surface area contributed by atoms with Gasteiger partial charge in [-0.25, -0.2) is 0 Å². The lowest BCUT2D eigenvalue weighted by Crippen LogP contribution is -2.25. The maximum absolute atomic E-state index is 3.17. The lowest BCUT2D eigenvalue weighted by atomic mass is 10.2. The molecule has 0 aliphatic rings. The topological polar surface area (TPSA) is 15.3 Å². The lowest BCUT2D eigenvalue weighted by molar-refractivity contribution is 0.293. The van der Waals surface area contributed by atoms with Crippen molar-refractivity contribution in [1.82, 2.24) is 9.99 Å². The van der Waals surface area contributed by atoms with Gasteiger partial charge in [0, 0.05) is 6.04 Å². The van der Waals surface area contributed by atoms with Gasteiger partial charge in [0.05, 0.1) is 0 Å². The smallest absolute Gasteiger partial charge is 0.00710 e. The maximum Gasteiger partial charge on any atom is 0.00710 e. The second-order valence-corrected chi connectivity index (χ2v) is 3.57. The summed E-state index contributed by atoms with van der Waals surface area (Å²) in [6, 6.07) is 0.630. The quantitative estimate of drug-likeness (QED) is 0.617. The summed E-state index contributed by atoms with van der Waals surface area (Å²) in [5.74, 6) is 0. The molecule has 0 aliphatic heterocycles. The van der Waals surface area contributed by atoms with Crippen molar-refractivity contribution in [2.45, 2.75) is 39.7 Å². The summed E-state index contributed by atoms with van der Waals surface area (Å²) in [6.45, 7) is 10.3. The van der Waals surface area contributed by atoms with Crippen molar-refractivity contribution in [2.24, 2.45) is 0 Å². The van der Waals surface area contributed by atoms with Crippen molar-refractivity contribution in [3.63, 3.8) is 0 Å². The average Bonchev–Trinajstić information content (AvgIpc) is 2.12. The van der Waals surface area contributed by atoms with Crippen molar-refractivity contribution in [2.75, 3.05) is 19.6 Å². The second kappa shape index (κ2) is 7.97. The van der Waals surface area contributed by atoms with Crippen LogP contribution in [0.15, 0.2) is 0 Å². The van der Waals surface area contributed by atoms with Gasteiger partial charge in [0.2, 0.25) is 0 Å². The van der Waals surface area contributed by atoms with E-state index in [1.165, 1.54) is 32.5 Å². The Morgan fingerprint density at radius 1 is 1.33 bits per heavy atom. The van der Waals surface area contributed by atoms with E-state index in [1.807, 2.05) is 0 Å². The Hall–Kier alpha value is 0.350. The molecular formula is C9H23N2P. The summed E-state index contributed by atoms with van der Waals surface area (Å²) in [5.41, 5.74) is 0. The monoisotopic (exact) mass is 190 g/mol. The standard InChI is InChI=1S/C9H23N2P/c1-4-11(5-2)8-6-7-9(3)10-12/h9-10H,4-8,12H2,1-3H3. The van der Waals surface area contributed by atoms with Gasteiger partial charge in [-0.05, 0) is 39.4 Å². The Labute approximate surface area is 79.4 Å². The van der Waals surface area contributed by atoms with Gasteiger partial charge in [-0.2, -0.15) is 0 Å². The molecule has 1 N–H and O–H groups in total. The van der Waals surface area contributed by atoms with Crippen LogP contribution in [0.2, 0.25) is 0 Å². The first-order valence-corrected chi connectivity index (χ1v) is 5.50. The van der Waals surface area contributed by atoms with E-state index in [2.05, 4.69) is 40.1 Å². The fourth-order valence-corrected chi connectivity index (χ4v) is 1.41. The van der Waals surface area contributed by atoms with Gasteiger partial charge >= 0.3 is 0 Å². The Bertz CT molecular complexity index is 94.5. The van der Waals surface area contributed by atoms with Crippen LogP contribution in [0.5, 0.6) is 0 Å². The van der Waals surface area contributed by atoms with Crippen LogP contribution in [0.25, 0.3) is 0 Å². The molecule has 0 aliphatic carbocycles. The van der Waals surface area contributed by atoms with Crippen molar-refractivity contribution in [3.05, 3.63) is 0 Å². The van der Waals surface area contributed by atoms with Crippen molar-refractivity contribution >= 4 is 9.39 Å². The zero-order valence-electron chi connectivity index (χ0n) is 8.64. The molecule has 0 fully saturated rings. The van der Waals surface area contributed by atoms with Crippen LogP contribution in [-0.2, 0) is 0 Å². The van der Waals surface area contributed by atoms with Crippen LogP contribution in [0.4, 0.5) is 0 Å². The first-order valence-electron chi connectivity index (χ1n) is 4.93. The highest BCUT2D eigenvalue weighted by molar-refractivity contribution is 7.13. The van der Waals surface area contributed by atoms with Crippen molar-refractivity contribution in [1.29, 1.82) is 0 Å². The number of nitrogens with one attached hydrogen (secondary N) is 1. The summed E-state index contributed by atoms with van der Waals surface area (Å²) in [5, 5.41) is 3.17. The van der Waals surface area contributed by atoms with Crippen molar-refractivity contribution in [3.8, 4) is 0 Å². The molecule has 12 heavy (non-hydrogen) atoms. The zero-order chi connectivity index (χ0) is 9.40. The molecule has 2 nitrogen and oxygen atoms in total. The highest BCUT2D eigenvalue weighted by atomic mass is 31.0. The van der Waals surface area contributed by atoms with E-state index >= 15 is 0 Å². The van der Waals surface area contributed by atoms with Gasteiger partial charge in [0.25, 0.3) is 0 Å². The molecular weight excluding hydrogens is 167 g/mol. The predicted molar refractivity (Wildman–Crippen MR) is 59.3 cm³/mol. The van der Waals surface area contributed by atoms with Crippen LogP contribution < -0.4 is 5.09 Å². The summed E-state index contributed by atoms with van der Waals surface area (Å²) in [7, 11) is 2.57. The number of nitrogens with zero attached hydrogens (tertiary/aromatic N) is 1. The molecule has 0 heterocycles. The SMILES string of the molecule is CCN(CC)CCCC(C)NP. The molecule has 74 valence electrons. The molecule has 0 rings (SSSR count). The summed E-state index contributed by atoms with van der Waals surface area (Å²) in [4.78, 5) is 2.47. The second-order valence-electron chi connectivity index (χ2n) is 3.24. The molecule has 0 aromatic heterocycles. The first kappa shape index (κ1) is 12.3. The fourth-order valence-electron chi connectivity index (χ4n) is 1.24. The van der Waals surface area contributed by atoms with E-state index in [-0.39, 0.29) is 0 Å². The van der Waals surface area contributed by atoms with Gasteiger partial charge in [0.1, 0.15) is 0 Å². The molecule has 0 saturated heterocycles. The van der Waals surface area contributed by atoms with Gasteiger partial charge in [-0.15, -0.1) is 0 Å². The van der Waals surface area contributed by atoms with Crippen LogP contribution in [0, 0.1) is 0 Å². The Kier molecular flexibility index (Phi) is 8.20. The van der Waals surface area contributed by atoms with E-state index < -0.39 is 0 Å². The van der Waals surface area contributed by atoms with E-state index in [0.717, 1.165) is 0 Å². The molecule has 0 spiro atoms. The fraction of sp³-hybridized carbons (Fsp3) is 1.00. The molecule has 2 atom stereocenters. The third kappa shape index (κ3) is 5.93. The molecule has 0 aromatic rings. The highest BCUT2D eigenvalue weighted by Crippen LogP contribution is 2.00. The molecule has 0 saturated carbocycles. The third-order valence-corrected chi connectivity index (χ3v) is 2.86. The molecule has 0 radical (unpaired) electrons. The van der Waals surface area contributed by atoms with Gasteiger partial charge < -0.3 is 4.90 Å². The minimum Gasteiger partial charge on any atom is -0.304 e. The van der Waals surface area contributed by atoms with E-state index in [0.29, 0.717) is 6.04 Å². The zero-order valence-corrected chi connectivity index (χ0v) is 9.79. The van der Waals surface area contributed by atoms with E-state index in [9.17, 15) is 0 Å². The average molecular weight is 190 g/mol. The Morgan fingerprint density at radius 3 is 2.33 bits per heavy atom. The summed E-state index contributed by atoms with van der Waals surface area (Å²) in [6.07, 6.45) is 2.56. The molecule has 0 amide bonds.